The van der Waals surface area contributed by atoms with Crippen molar-refractivity contribution in [1.82, 2.24) is 31.9 Å². The number of amides is 6. The average molecular weight is 1900 g/mol. The van der Waals surface area contributed by atoms with Crippen LogP contribution in [0.4, 0.5) is 0 Å². The van der Waals surface area contributed by atoms with Gasteiger partial charge in [0, 0.05) is 54.4 Å². The van der Waals surface area contributed by atoms with Crippen LogP contribution in [0, 0.1) is 0 Å². The summed E-state index contributed by atoms with van der Waals surface area (Å²) < 4.78 is 101. The zero-order chi connectivity index (χ0) is 96.6. The summed E-state index contributed by atoms with van der Waals surface area (Å²) in [6, 6.07) is -11.3. The summed E-state index contributed by atoms with van der Waals surface area (Å²) in [5.74, 6) is -16.2. The lowest BCUT2D eigenvalue weighted by molar-refractivity contribution is -0.397. The van der Waals surface area contributed by atoms with Crippen LogP contribution in [0.15, 0.2) is 0 Å². The van der Waals surface area contributed by atoms with Gasteiger partial charge in [0.1, 0.15) is 207 Å². The Morgan fingerprint density at radius 1 is 0.315 bits per heavy atom. The number of hydrogen-bond acceptors (Lipinski definition) is 50. The number of hydrogen-bond donors (Lipinski definition) is 33. The molecule has 0 radical (unpaired) electrons. The van der Waals surface area contributed by atoms with Crippen molar-refractivity contribution in [2.75, 3.05) is 59.5 Å². The molecule has 1 unspecified atom stereocenters. The van der Waals surface area contributed by atoms with Crippen LogP contribution in [0.25, 0.3) is 0 Å². The van der Waals surface area contributed by atoms with Crippen LogP contribution in [0.2, 0.25) is 0 Å². The van der Waals surface area contributed by atoms with Gasteiger partial charge in [-0.15, -0.1) is 0 Å². The van der Waals surface area contributed by atoms with Crippen molar-refractivity contribution < 1.29 is 257 Å². The maximum absolute atomic E-state index is 13.2. The highest BCUT2D eigenvalue weighted by molar-refractivity contribution is 5.78. The molecule has 130 heavy (non-hydrogen) atoms. The fourth-order valence-corrected chi connectivity index (χ4v) is 16.4. The lowest BCUT2D eigenvalue weighted by Crippen LogP contribution is -2.71. The number of carbonyl (C=O) groups is 8. The van der Waals surface area contributed by atoms with E-state index in [1.165, 1.54) is 0 Å². The molecule has 6 amide bonds. The zero-order valence-corrected chi connectivity index (χ0v) is 70.0. The second kappa shape index (κ2) is 46.3. The molecule has 0 aromatic rings. The summed E-state index contributed by atoms with van der Waals surface area (Å²) in [6.45, 7) is -5.57. The third kappa shape index (κ3) is 24.4. The average Bonchev–Trinajstić information content (AvgIpc) is 0.765. The molecular formula is C72H118N6O52. The molecule has 9 fully saturated rings. The Kier molecular flexibility index (Phi) is 38.4. The van der Waals surface area contributed by atoms with Gasteiger partial charge >= 0.3 is 11.9 Å². The normalized spacial score (nSPS) is 44.6. The first kappa shape index (κ1) is 108. The lowest BCUT2D eigenvalue weighted by atomic mass is 9.88. The molecule has 33 N–H and O–H groups in total. The molecule has 9 saturated heterocycles. The molecule has 47 atom stereocenters. The molecule has 9 heterocycles. The summed E-state index contributed by atoms with van der Waals surface area (Å²) in [5, 5.41) is 317. The first-order chi connectivity index (χ1) is 61.1. The SMILES string of the molecule is CC(=O)N[C@H]1[C@H](O[C@H]2[C@H](O)[C@@H](NC(C)=O)C(O)O[C@@H]2CO)O[C@H](CO)[C@@H](O[C@@H]2O[C@H](CO[C@H]3O[C@H](CO)[C@@H](O)[C@H](O)[C@@H]3O[C@@H]3O[C@H](CO[C@]4(C(=O)O)C[C@H](O)[C@@H](NC(C)=O)[C@H]([C@H](O)[C@H](O)CO)O4)[C@@H](O)[C@H](O)[C@H]3NC(C)=O)[C@@H](O)[C@H](O[C@H]3O[C@H](CO)[C@@H](O)[C@H](O)[C@@H]3O[C@@H]3O[C@H](CO[C@]4(C(=O)O)C[C@H](O)[C@@H](NC(C)=O)[C@H]([C@H](O)[C@H](O)CO)O4)[C@@H](O)[C@H](O)[C@H]3NC(C)=O)[C@@H]2O)[C@@H]1O. The molecule has 0 aliphatic carbocycles. The predicted molar refractivity (Wildman–Crippen MR) is 401 cm³/mol. The van der Waals surface area contributed by atoms with E-state index < -0.39 is 407 Å². The topological polar surface area (TPSA) is 912 Å². The van der Waals surface area contributed by atoms with Crippen LogP contribution in [-0.2, 0) is 119 Å². The largest absolute Gasteiger partial charge is 0.477 e. The Morgan fingerprint density at radius 2 is 0.615 bits per heavy atom. The summed E-state index contributed by atoms with van der Waals surface area (Å²) in [4.78, 5) is 102. The van der Waals surface area contributed by atoms with E-state index in [0.717, 1.165) is 41.5 Å². The Labute approximate surface area is 735 Å². The van der Waals surface area contributed by atoms with E-state index >= 15 is 0 Å². The number of rotatable bonds is 37. The molecule has 58 nitrogen and oxygen atoms in total. The smallest absolute Gasteiger partial charge is 0.364 e. The van der Waals surface area contributed by atoms with Crippen LogP contribution in [0.5, 0.6) is 0 Å². The van der Waals surface area contributed by atoms with Crippen molar-refractivity contribution in [3.05, 3.63) is 0 Å². The van der Waals surface area contributed by atoms with Crippen molar-refractivity contribution in [3.63, 3.8) is 0 Å². The van der Waals surface area contributed by atoms with Gasteiger partial charge in [-0.1, -0.05) is 0 Å². The molecule has 58 heteroatoms. The molecule has 9 rings (SSSR count). The van der Waals surface area contributed by atoms with Gasteiger partial charge in [-0.3, -0.25) is 28.8 Å². The van der Waals surface area contributed by atoms with E-state index in [9.17, 15) is 176 Å². The molecule has 0 saturated carbocycles. The van der Waals surface area contributed by atoms with Gasteiger partial charge in [-0.2, -0.15) is 0 Å². The standard InChI is InChI=1S/C72H118N6O52/c1-18(85)73-35-24(91)7-71(69(110)111,129-57(35)41(95)26(93)9-79)115-16-33-45(99)48(102)38(76-21(4)88)63(121-33)127-60-52(106)43(97)28(11-81)118-67(60)114-15-32-47(101)59(54(108)66(123-32)125-56-31(14-84)120-65(40(51(56)105)78-23(6)90)124-55-30(13-83)117-62(109)37(50(55)104)75-20(3)87)126-68-61(53(107)44(98)29(12-82)119-68)128-64-39(77-22(5)89)49(103)46(100)34(122-64)17-116-72(70(112)113)8-25(92)36(74-19(2)86)58(130-72)42(96)27(94)10-80/h24-68,79-84,91-109H,7-17H2,1-6H3,(H,73,85)(H,74,86)(H,75,87)(H,76,88)(H,77,89)(H,78,90)(H,110,111)(H,112,113)/t24-,25-,26+,27+,28+,29+,30+,31+,32+,33+,34+,35+,36+,37+,38+,39+,40+,41+,42+,43+,44+,45+,46+,47+,48+,49+,50+,51+,52-,53-,54-,55+,56+,57+,58+,59-,60-,61-,62?,63-,64-,65-,66-,67-,68+,71+,72+/m0/s1. The molecule has 0 aromatic heterocycles. The van der Waals surface area contributed by atoms with Crippen molar-refractivity contribution >= 4 is 47.4 Å². The Balaban J connectivity index is 1.07. The van der Waals surface area contributed by atoms with E-state index in [2.05, 4.69) is 31.9 Å². The molecular weight excluding hydrogens is 1780 g/mol. The van der Waals surface area contributed by atoms with Gasteiger partial charge in [-0.25, -0.2) is 9.59 Å². The molecule has 748 valence electrons. The molecule has 0 spiro atoms. The minimum atomic E-state index is -3.18. The van der Waals surface area contributed by atoms with Gasteiger partial charge in [-0.05, 0) is 0 Å². The Morgan fingerprint density at radius 3 is 1.00 bits per heavy atom. The maximum atomic E-state index is 13.2. The minimum Gasteiger partial charge on any atom is -0.477 e. The van der Waals surface area contributed by atoms with E-state index in [4.69, 9.17) is 80.5 Å². The fourth-order valence-electron chi connectivity index (χ4n) is 16.4. The third-order valence-electron chi connectivity index (χ3n) is 23.1. The minimum absolute atomic E-state index is 0.824. The highest BCUT2D eigenvalue weighted by Gasteiger charge is 2.63. The van der Waals surface area contributed by atoms with Crippen LogP contribution >= 0.6 is 0 Å². The van der Waals surface area contributed by atoms with Crippen LogP contribution in [-0.4, -0.2) is 532 Å². The van der Waals surface area contributed by atoms with Crippen LogP contribution < -0.4 is 31.9 Å². The monoisotopic (exact) mass is 1900 g/mol. The second-order valence-electron chi connectivity index (χ2n) is 32.6. The number of ether oxygens (including phenoxy) is 17. The summed E-state index contributed by atoms with van der Waals surface area (Å²) in [5.41, 5.74) is 0. The second-order valence-corrected chi connectivity index (χ2v) is 32.6. The molecule has 9 aliphatic rings. The number of aliphatic hydroxyl groups excluding tert-OH is 25. The highest BCUT2D eigenvalue weighted by atomic mass is 16.8. The van der Waals surface area contributed by atoms with E-state index in [1.807, 2.05) is 0 Å². The molecule has 0 bridgehead atoms. The summed E-state index contributed by atoms with van der Waals surface area (Å²) >= 11 is 0. The van der Waals surface area contributed by atoms with Gasteiger partial charge < -0.3 is 250 Å². The van der Waals surface area contributed by atoms with Crippen molar-refractivity contribution in [2.24, 2.45) is 0 Å². The van der Waals surface area contributed by atoms with Gasteiger partial charge in [0.2, 0.25) is 35.4 Å². The van der Waals surface area contributed by atoms with Crippen molar-refractivity contribution in [1.29, 1.82) is 0 Å². The fraction of sp³-hybridized carbons (Fsp3) is 0.889. The number of carbonyl (C=O) groups excluding carboxylic acids is 6. The molecule has 9 aliphatic heterocycles. The highest BCUT2D eigenvalue weighted by Crippen LogP contribution is 2.42. The predicted octanol–water partition coefficient (Wildman–Crippen LogP) is -21.4. The van der Waals surface area contributed by atoms with Crippen LogP contribution in [0.1, 0.15) is 54.4 Å². The number of carboxylic acid groups (broad SMARTS) is 2. The van der Waals surface area contributed by atoms with Crippen LogP contribution in [0.3, 0.4) is 0 Å². The van der Waals surface area contributed by atoms with Crippen molar-refractivity contribution in [3.8, 4) is 0 Å². The van der Waals surface area contributed by atoms with E-state index in [0.29, 0.717) is 0 Å². The summed E-state index contributed by atoms with van der Waals surface area (Å²) in [7, 11) is 0. The third-order valence-corrected chi connectivity index (χ3v) is 23.1. The Hall–Kier alpha value is -5.92. The Bertz CT molecular complexity index is 3720. The first-order valence-corrected chi connectivity index (χ1v) is 40.9. The number of nitrogens with one attached hydrogen (secondary N) is 6. The number of aliphatic carboxylic acids is 2. The number of carboxylic acids is 2. The van der Waals surface area contributed by atoms with E-state index in [-0.39, 0.29) is 0 Å². The van der Waals surface area contributed by atoms with Crippen molar-refractivity contribution in [2.45, 2.75) is 342 Å². The quantitative estimate of drug-likeness (QED) is 0.0275. The molecule has 0 aromatic carbocycles. The summed E-state index contributed by atoms with van der Waals surface area (Å²) in [6.07, 6.45) is -90.3. The maximum Gasteiger partial charge on any atom is 0.364 e. The van der Waals surface area contributed by atoms with Gasteiger partial charge in [0.25, 0.3) is 11.6 Å². The lowest BCUT2D eigenvalue weighted by Gasteiger charge is -2.51. The van der Waals surface area contributed by atoms with Gasteiger partial charge in [0.05, 0.1) is 83.8 Å². The first-order valence-electron chi connectivity index (χ1n) is 40.9. The van der Waals surface area contributed by atoms with E-state index in [1.54, 1.807) is 0 Å². The zero-order valence-electron chi connectivity index (χ0n) is 70.0. The van der Waals surface area contributed by atoms with Gasteiger partial charge in [0.15, 0.2) is 44.0 Å². The number of aliphatic hydroxyl groups is 25.